The lowest BCUT2D eigenvalue weighted by Gasteiger charge is -2.16. The van der Waals surface area contributed by atoms with Crippen molar-refractivity contribution >= 4 is 5.91 Å². The van der Waals surface area contributed by atoms with Gasteiger partial charge in [0.05, 0.1) is 6.04 Å². The first kappa shape index (κ1) is 13.1. The van der Waals surface area contributed by atoms with E-state index in [0.717, 1.165) is 32.4 Å². The molecule has 98 valence electrons. The maximum atomic E-state index is 11.8. The summed E-state index contributed by atoms with van der Waals surface area (Å²) in [5, 5.41) is 6.34. The van der Waals surface area contributed by atoms with Gasteiger partial charge in [-0.05, 0) is 49.8 Å². The van der Waals surface area contributed by atoms with Crippen molar-refractivity contribution in [2.75, 3.05) is 6.54 Å². The fourth-order valence-electron chi connectivity index (χ4n) is 2.37. The fraction of sp³-hybridized carbons (Fsp3) is 0.533. The molecule has 0 spiro atoms. The molecule has 0 saturated carbocycles. The van der Waals surface area contributed by atoms with E-state index in [2.05, 4.69) is 42.7 Å². The monoisotopic (exact) mass is 246 g/mol. The number of hydrogen-bond donors (Lipinski definition) is 2. The number of aryl methyl sites for hydroxylation is 1. The molecule has 18 heavy (non-hydrogen) atoms. The fourth-order valence-corrected chi connectivity index (χ4v) is 2.37. The Bertz CT molecular complexity index is 429. The zero-order valence-electron chi connectivity index (χ0n) is 11.3. The third-order valence-electron chi connectivity index (χ3n) is 3.79. The minimum atomic E-state index is -0.0348. The summed E-state index contributed by atoms with van der Waals surface area (Å²) in [6.45, 7) is 5.85. The summed E-state index contributed by atoms with van der Waals surface area (Å²) < 4.78 is 0. The third kappa shape index (κ3) is 3.10. The molecule has 3 nitrogen and oxygen atoms in total. The van der Waals surface area contributed by atoms with Crippen molar-refractivity contribution in [2.24, 2.45) is 0 Å². The summed E-state index contributed by atoms with van der Waals surface area (Å²) in [5.41, 5.74) is 3.91. The summed E-state index contributed by atoms with van der Waals surface area (Å²) in [5.74, 6) is 0.151. The maximum Gasteiger partial charge on any atom is 0.237 e. The van der Waals surface area contributed by atoms with E-state index in [1.807, 2.05) is 0 Å². The molecule has 0 unspecified atom stereocenters. The van der Waals surface area contributed by atoms with Crippen LogP contribution < -0.4 is 10.6 Å². The van der Waals surface area contributed by atoms with Crippen molar-refractivity contribution in [3.8, 4) is 0 Å². The second kappa shape index (κ2) is 6.01. The van der Waals surface area contributed by atoms with Crippen LogP contribution in [0.1, 0.15) is 36.0 Å². The van der Waals surface area contributed by atoms with Crippen LogP contribution in [0.3, 0.4) is 0 Å². The topological polar surface area (TPSA) is 41.1 Å². The van der Waals surface area contributed by atoms with Gasteiger partial charge in [0.1, 0.15) is 0 Å². The average Bonchev–Trinajstić information content (AvgIpc) is 2.56. The van der Waals surface area contributed by atoms with Gasteiger partial charge in [-0.15, -0.1) is 0 Å². The quantitative estimate of drug-likeness (QED) is 0.857. The van der Waals surface area contributed by atoms with E-state index in [1.165, 1.54) is 16.7 Å². The number of benzene rings is 1. The molecule has 0 radical (unpaired) electrons. The number of amides is 1. The van der Waals surface area contributed by atoms with Gasteiger partial charge in [0.25, 0.3) is 0 Å². The molecule has 1 fully saturated rings. The minimum absolute atomic E-state index is 0.0348. The molecule has 1 atom stereocenters. The lowest BCUT2D eigenvalue weighted by Crippen LogP contribution is -2.42. The van der Waals surface area contributed by atoms with Gasteiger partial charge in [0, 0.05) is 13.1 Å². The predicted molar refractivity (Wildman–Crippen MR) is 73.4 cm³/mol. The van der Waals surface area contributed by atoms with Crippen LogP contribution in [0, 0.1) is 13.8 Å². The summed E-state index contributed by atoms with van der Waals surface area (Å²) in [6, 6.07) is 6.29. The van der Waals surface area contributed by atoms with Gasteiger partial charge >= 0.3 is 0 Å². The summed E-state index contributed by atoms with van der Waals surface area (Å²) >= 11 is 0. The molecule has 1 aliphatic heterocycles. The van der Waals surface area contributed by atoms with E-state index in [-0.39, 0.29) is 11.9 Å². The van der Waals surface area contributed by atoms with Gasteiger partial charge in [-0.1, -0.05) is 18.2 Å². The number of carbonyl (C=O) groups is 1. The summed E-state index contributed by atoms with van der Waals surface area (Å²) in [7, 11) is 0. The second-order valence-corrected chi connectivity index (χ2v) is 5.08. The third-order valence-corrected chi connectivity index (χ3v) is 3.79. The van der Waals surface area contributed by atoms with E-state index in [4.69, 9.17) is 0 Å². The average molecular weight is 246 g/mol. The zero-order chi connectivity index (χ0) is 13.0. The SMILES string of the molecule is Cc1cccc(CN[C@H]2CCCCNC2=O)c1C. The Labute approximate surface area is 109 Å². The molecule has 1 aromatic rings. The summed E-state index contributed by atoms with van der Waals surface area (Å²) in [4.78, 5) is 11.8. The molecule has 0 bridgehead atoms. The number of rotatable bonds is 3. The highest BCUT2D eigenvalue weighted by Crippen LogP contribution is 2.13. The van der Waals surface area contributed by atoms with Crippen LogP contribution in [0.5, 0.6) is 0 Å². The molecule has 3 heteroatoms. The predicted octanol–water partition coefficient (Wildman–Crippen LogP) is 2.06. The van der Waals surface area contributed by atoms with E-state index >= 15 is 0 Å². The van der Waals surface area contributed by atoms with Crippen molar-refractivity contribution in [3.05, 3.63) is 34.9 Å². The summed E-state index contributed by atoms with van der Waals surface area (Å²) in [6.07, 6.45) is 3.15. The van der Waals surface area contributed by atoms with Gasteiger partial charge < -0.3 is 10.6 Å². The largest absolute Gasteiger partial charge is 0.355 e. The standard InChI is InChI=1S/C15H22N2O/c1-11-6-5-7-13(12(11)2)10-17-14-8-3-4-9-16-15(14)18/h5-7,14,17H,3-4,8-10H2,1-2H3,(H,16,18)/t14-/m0/s1. The van der Waals surface area contributed by atoms with Crippen LogP contribution in [0.2, 0.25) is 0 Å². The number of nitrogens with one attached hydrogen (secondary N) is 2. The van der Waals surface area contributed by atoms with E-state index < -0.39 is 0 Å². The highest BCUT2D eigenvalue weighted by atomic mass is 16.2. The number of hydrogen-bond acceptors (Lipinski definition) is 2. The molecular formula is C15H22N2O. The Morgan fingerprint density at radius 2 is 2.17 bits per heavy atom. The van der Waals surface area contributed by atoms with Crippen molar-refractivity contribution < 1.29 is 4.79 Å². The van der Waals surface area contributed by atoms with Crippen LogP contribution in [0.15, 0.2) is 18.2 Å². The Kier molecular flexibility index (Phi) is 4.37. The Morgan fingerprint density at radius 1 is 1.33 bits per heavy atom. The van der Waals surface area contributed by atoms with Gasteiger partial charge in [-0.3, -0.25) is 4.79 Å². The Hall–Kier alpha value is -1.35. The maximum absolute atomic E-state index is 11.8. The highest BCUT2D eigenvalue weighted by Gasteiger charge is 2.19. The van der Waals surface area contributed by atoms with Crippen molar-refractivity contribution in [3.63, 3.8) is 0 Å². The van der Waals surface area contributed by atoms with Crippen LogP contribution in [0.25, 0.3) is 0 Å². The molecule has 1 amide bonds. The molecule has 1 saturated heterocycles. The molecule has 2 N–H and O–H groups in total. The van der Waals surface area contributed by atoms with Crippen molar-refractivity contribution in [1.82, 2.24) is 10.6 Å². The van der Waals surface area contributed by atoms with Crippen molar-refractivity contribution in [2.45, 2.75) is 45.7 Å². The second-order valence-electron chi connectivity index (χ2n) is 5.08. The van der Waals surface area contributed by atoms with E-state index in [9.17, 15) is 4.79 Å². The lowest BCUT2D eigenvalue weighted by atomic mass is 10.0. The molecular weight excluding hydrogens is 224 g/mol. The molecule has 0 aliphatic carbocycles. The van der Waals surface area contributed by atoms with E-state index in [1.54, 1.807) is 0 Å². The van der Waals surface area contributed by atoms with Crippen LogP contribution in [0.4, 0.5) is 0 Å². The first-order valence-corrected chi connectivity index (χ1v) is 6.74. The van der Waals surface area contributed by atoms with Gasteiger partial charge in [0.2, 0.25) is 5.91 Å². The number of carbonyl (C=O) groups excluding carboxylic acids is 1. The molecule has 1 heterocycles. The highest BCUT2D eigenvalue weighted by molar-refractivity contribution is 5.81. The lowest BCUT2D eigenvalue weighted by molar-refractivity contribution is -0.122. The minimum Gasteiger partial charge on any atom is -0.355 e. The molecule has 2 rings (SSSR count). The van der Waals surface area contributed by atoms with Gasteiger partial charge in [-0.2, -0.15) is 0 Å². The molecule has 0 aromatic heterocycles. The van der Waals surface area contributed by atoms with Gasteiger partial charge in [-0.25, -0.2) is 0 Å². The Morgan fingerprint density at radius 3 is 3.00 bits per heavy atom. The van der Waals surface area contributed by atoms with Crippen LogP contribution >= 0.6 is 0 Å². The van der Waals surface area contributed by atoms with Gasteiger partial charge in [0.15, 0.2) is 0 Å². The van der Waals surface area contributed by atoms with E-state index in [0.29, 0.717) is 0 Å². The van der Waals surface area contributed by atoms with Crippen LogP contribution in [-0.2, 0) is 11.3 Å². The van der Waals surface area contributed by atoms with Crippen LogP contribution in [-0.4, -0.2) is 18.5 Å². The normalized spacial score (nSPS) is 20.3. The first-order chi connectivity index (χ1) is 8.68. The molecule has 1 aromatic carbocycles. The first-order valence-electron chi connectivity index (χ1n) is 6.74. The Balaban J connectivity index is 1.98. The zero-order valence-corrected chi connectivity index (χ0v) is 11.3. The smallest absolute Gasteiger partial charge is 0.237 e. The van der Waals surface area contributed by atoms with Crippen molar-refractivity contribution in [1.29, 1.82) is 0 Å². The molecule has 1 aliphatic rings.